The Morgan fingerprint density at radius 1 is 0.893 bits per heavy atom. The summed E-state index contributed by atoms with van der Waals surface area (Å²) in [4.78, 5) is 31.6. The summed E-state index contributed by atoms with van der Waals surface area (Å²) in [7, 11) is 0. The summed E-state index contributed by atoms with van der Waals surface area (Å²) in [6.45, 7) is 7.22. The molecule has 1 fully saturated rings. The van der Waals surface area contributed by atoms with Crippen LogP contribution in [0.3, 0.4) is 0 Å². The van der Waals surface area contributed by atoms with Gasteiger partial charge in [-0.05, 0) is 36.6 Å². The Balaban J connectivity index is 1.51. The monoisotopic (exact) mass is 377 g/mol. The Morgan fingerprint density at radius 2 is 1.57 bits per heavy atom. The second kappa shape index (κ2) is 7.66. The zero-order valence-corrected chi connectivity index (χ0v) is 16.6. The molecular formula is C23H27N3O2. The number of amides is 2. The minimum Gasteiger partial charge on any atom is -0.368 e. The third-order valence-corrected chi connectivity index (χ3v) is 5.91. The number of rotatable bonds is 2. The highest BCUT2D eigenvalue weighted by atomic mass is 16.2. The van der Waals surface area contributed by atoms with Crippen molar-refractivity contribution >= 4 is 17.5 Å². The number of nitrogens with zero attached hydrogens (tertiary/aromatic N) is 3. The second-order valence-electron chi connectivity index (χ2n) is 7.71. The van der Waals surface area contributed by atoms with E-state index in [-0.39, 0.29) is 11.8 Å². The third kappa shape index (κ3) is 3.49. The molecule has 0 bridgehead atoms. The lowest BCUT2D eigenvalue weighted by molar-refractivity contribution is -0.146. The van der Waals surface area contributed by atoms with Crippen molar-refractivity contribution in [1.29, 1.82) is 0 Å². The molecule has 0 saturated carbocycles. The first-order valence-corrected chi connectivity index (χ1v) is 10.00. The summed E-state index contributed by atoms with van der Waals surface area (Å²) in [5.41, 5.74) is 4.61. The molecule has 0 radical (unpaired) electrons. The molecule has 0 aromatic heterocycles. The maximum Gasteiger partial charge on any atom is 0.250 e. The van der Waals surface area contributed by atoms with E-state index in [0.29, 0.717) is 19.6 Å². The van der Waals surface area contributed by atoms with Gasteiger partial charge in [-0.25, -0.2) is 0 Å². The maximum atomic E-state index is 13.4. The van der Waals surface area contributed by atoms with E-state index in [9.17, 15) is 9.59 Å². The van der Waals surface area contributed by atoms with Crippen molar-refractivity contribution in [3.8, 4) is 0 Å². The fraction of sp³-hybridized carbons (Fsp3) is 0.391. The predicted molar refractivity (Wildman–Crippen MR) is 110 cm³/mol. The molecular weight excluding hydrogens is 350 g/mol. The summed E-state index contributed by atoms with van der Waals surface area (Å²) in [5.74, 6) is 0.0112. The van der Waals surface area contributed by atoms with Gasteiger partial charge in [-0.1, -0.05) is 42.0 Å². The van der Waals surface area contributed by atoms with Gasteiger partial charge < -0.3 is 14.7 Å². The Hall–Kier alpha value is -2.82. The molecule has 2 heterocycles. The normalized spacial score (nSPS) is 19.4. The average Bonchev–Trinajstić information content (AvgIpc) is 2.73. The highest BCUT2D eigenvalue weighted by molar-refractivity contribution is 5.89. The van der Waals surface area contributed by atoms with Crippen LogP contribution in [0.2, 0.25) is 0 Å². The predicted octanol–water partition coefficient (Wildman–Crippen LogP) is 2.79. The first-order valence-electron chi connectivity index (χ1n) is 10.00. The molecule has 0 spiro atoms. The molecule has 146 valence electrons. The van der Waals surface area contributed by atoms with Gasteiger partial charge >= 0.3 is 0 Å². The van der Waals surface area contributed by atoms with Gasteiger partial charge in [0.1, 0.15) is 6.04 Å². The molecule has 28 heavy (non-hydrogen) atoms. The van der Waals surface area contributed by atoms with E-state index in [0.717, 1.165) is 25.1 Å². The number of aryl methyl sites for hydroxylation is 1. The van der Waals surface area contributed by atoms with E-state index < -0.39 is 6.04 Å². The third-order valence-electron chi connectivity index (χ3n) is 5.91. The van der Waals surface area contributed by atoms with Gasteiger partial charge in [-0.3, -0.25) is 9.59 Å². The lowest BCUT2D eigenvalue weighted by Crippen LogP contribution is -2.54. The van der Waals surface area contributed by atoms with Crippen molar-refractivity contribution < 1.29 is 9.59 Å². The first kappa shape index (κ1) is 18.5. The van der Waals surface area contributed by atoms with Crippen LogP contribution in [0.5, 0.6) is 0 Å². The lowest BCUT2D eigenvalue weighted by Gasteiger charge is -2.41. The van der Waals surface area contributed by atoms with Gasteiger partial charge in [-0.2, -0.15) is 0 Å². The van der Waals surface area contributed by atoms with Gasteiger partial charge in [0.15, 0.2) is 0 Å². The SMILES string of the molecule is CC(=O)N1CCc2ccccc2[C@@H]1C(=O)N1CCN(c2ccc(C)cc2)CC1. The summed E-state index contributed by atoms with van der Waals surface area (Å²) in [6.07, 6.45) is 0.806. The topological polar surface area (TPSA) is 43.9 Å². The van der Waals surface area contributed by atoms with Crippen LogP contribution in [-0.2, 0) is 16.0 Å². The van der Waals surface area contributed by atoms with Crippen molar-refractivity contribution in [3.63, 3.8) is 0 Å². The molecule has 2 aromatic carbocycles. The Morgan fingerprint density at radius 3 is 2.25 bits per heavy atom. The Labute approximate surface area is 166 Å². The van der Waals surface area contributed by atoms with E-state index in [1.165, 1.54) is 16.8 Å². The van der Waals surface area contributed by atoms with Crippen LogP contribution < -0.4 is 4.90 Å². The number of hydrogen-bond donors (Lipinski definition) is 0. The second-order valence-corrected chi connectivity index (χ2v) is 7.71. The zero-order chi connectivity index (χ0) is 19.7. The molecule has 0 unspecified atom stereocenters. The largest absolute Gasteiger partial charge is 0.368 e. The van der Waals surface area contributed by atoms with Gasteiger partial charge in [0.05, 0.1) is 0 Å². The van der Waals surface area contributed by atoms with Gasteiger partial charge in [0.2, 0.25) is 11.8 Å². The molecule has 2 amide bonds. The van der Waals surface area contributed by atoms with Crippen LogP contribution in [-0.4, -0.2) is 54.3 Å². The molecule has 0 N–H and O–H groups in total. The molecule has 2 aliphatic heterocycles. The van der Waals surface area contributed by atoms with E-state index in [1.807, 2.05) is 23.1 Å². The average molecular weight is 377 g/mol. The van der Waals surface area contributed by atoms with Crippen LogP contribution in [0.1, 0.15) is 29.7 Å². The van der Waals surface area contributed by atoms with Gasteiger partial charge in [-0.15, -0.1) is 0 Å². The molecule has 1 saturated heterocycles. The van der Waals surface area contributed by atoms with E-state index in [4.69, 9.17) is 0 Å². The van der Waals surface area contributed by atoms with Crippen molar-refractivity contribution in [2.75, 3.05) is 37.6 Å². The lowest BCUT2D eigenvalue weighted by atomic mass is 9.91. The quantitative estimate of drug-likeness (QED) is 0.808. The van der Waals surface area contributed by atoms with E-state index in [1.54, 1.807) is 11.8 Å². The number of hydrogen-bond acceptors (Lipinski definition) is 3. The van der Waals surface area contributed by atoms with Crippen LogP contribution >= 0.6 is 0 Å². The standard InChI is InChI=1S/C23H27N3O2/c1-17-7-9-20(10-8-17)24-13-15-25(16-14-24)23(28)22-21-6-4-3-5-19(21)11-12-26(22)18(2)27/h3-10,22H,11-16H2,1-2H3/t22-/m1/s1. The van der Waals surface area contributed by atoms with Gasteiger partial charge in [0, 0.05) is 45.3 Å². The molecule has 2 aliphatic rings. The number of benzene rings is 2. The fourth-order valence-electron chi connectivity index (χ4n) is 4.29. The van der Waals surface area contributed by atoms with Crippen LogP contribution in [0, 0.1) is 6.92 Å². The zero-order valence-electron chi connectivity index (χ0n) is 16.6. The first-order chi connectivity index (χ1) is 13.5. The number of carbonyl (C=O) groups is 2. The Kier molecular flexibility index (Phi) is 5.07. The smallest absolute Gasteiger partial charge is 0.250 e. The fourth-order valence-corrected chi connectivity index (χ4v) is 4.29. The molecule has 1 atom stereocenters. The number of piperazine rings is 1. The van der Waals surface area contributed by atoms with Crippen molar-refractivity contribution in [2.24, 2.45) is 0 Å². The summed E-state index contributed by atoms with van der Waals surface area (Å²) in [6, 6.07) is 16.1. The molecule has 5 nitrogen and oxygen atoms in total. The number of carbonyl (C=O) groups excluding carboxylic acids is 2. The van der Waals surface area contributed by atoms with Crippen molar-refractivity contribution in [2.45, 2.75) is 26.3 Å². The summed E-state index contributed by atoms with van der Waals surface area (Å²) < 4.78 is 0. The minimum atomic E-state index is -0.492. The number of anilines is 1. The van der Waals surface area contributed by atoms with E-state index >= 15 is 0 Å². The maximum absolute atomic E-state index is 13.4. The molecule has 2 aromatic rings. The number of fused-ring (bicyclic) bond motifs is 1. The van der Waals surface area contributed by atoms with Crippen molar-refractivity contribution in [1.82, 2.24) is 9.80 Å². The van der Waals surface area contributed by atoms with Crippen molar-refractivity contribution in [3.05, 3.63) is 65.2 Å². The Bertz CT molecular complexity index is 870. The van der Waals surface area contributed by atoms with E-state index in [2.05, 4.69) is 42.2 Å². The molecule has 5 heteroatoms. The highest BCUT2D eigenvalue weighted by Gasteiger charge is 2.37. The van der Waals surface area contributed by atoms with Crippen LogP contribution in [0.4, 0.5) is 5.69 Å². The highest BCUT2D eigenvalue weighted by Crippen LogP contribution is 2.32. The minimum absolute atomic E-state index is 0.0360. The van der Waals surface area contributed by atoms with Gasteiger partial charge in [0.25, 0.3) is 0 Å². The summed E-state index contributed by atoms with van der Waals surface area (Å²) >= 11 is 0. The molecule has 4 rings (SSSR count). The molecule has 0 aliphatic carbocycles. The summed E-state index contributed by atoms with van der Waals surface area (Å²) in [5, 5.41) is 0. The van der Waals surface area contributed by atoms with Crippen LogP contribution in [0.15, 0.2) is 48.5 Å². The van der Waals surface area contributed by atoms with Crippen LogP contribution in [0.25, 0.3) is 0 Å².